The van der Waals surface area contributed by atoms with E-state index in [9.17, 15) is 0 Å². The molecule has 1 N–H and O–H groups in total. The van der Waals surface area contributed by atoms with E-state index in [1.807, 2.05) is 0 Å². The minimum Gasteiger partial charge on any atom is -0.493 e. The summed E-state index contributed by atoms with van der Waals surface area (Å²) in [6.07, 6.45) is 1.10. The molecule has 2 aromatic rings. The van der Waals surface area contributed by atoms with Crippen molar-refractivity contribution in [3.05, 3.63) is 59.2 Å². The molecule has 110 valence electrons. The molecule has 3 heteroatoms. The Hall–Kier alpha value is -2.00. The highest BCUT2D eigenvalue weighted by Crippen LogP contribution is 2.31. The zero-order valence-electron chi connectivity index (χ0n) is 12.7. The average Bonchev–Trinajstić information content (AvgIpc) is 2.54. The molecule has 0 fully saturated rings. The SMILES string of the molecule is COc1cc2c(cc1OC)C[NH+](Cc1ccccc1)CC2. The van der Waals surface area contributed by atoms with Crippen LogP contribution in [0.3, 0.4) is 0 Å². The lowest BCUT2D eigenvalue weighted by atomic mass is 9.98. The Morgan fingerprint density at radius 2 is 1.62 bits per heavy atom. The molecule has 1 aliphatic heterocycles. The second-order valence-corrected chi connectivity index (χ2v) is 5.57. The van der Waals surface area contributed by atoms with Gasteiger partial charge in [0.05, 0.1) is 20.8 Å². The van der Waals surface area contributed by atoms with E-state index in [0.29, 0.717) is 0 Å². The molecule has 0 aliphatic carbocycles. The Labute approximate surface area is 126 Å². The standard InChI is InChI=1S/C18H21NO2/c1-20-17-10-15-8-9-19(12-14-6-4-3-5-7-14)13-16(15)11-18(17)21-2/h3-7,10-11H,8-9,12-13H2,1-2H3/p+1. The monoisotopic (exact) mass is 284 g/mol. The van der Waals surface area contributed by atoms with Crippen molar-refractivity contribution < 1.29 is 14.4 Å². The van der Waals surface area contributed by atoms with Gasteiger partial charge in [-0.3, -0.25) is 0 Å². The van der Waals surface area contributed by atoms with Gasteiger partial charge in [-0.25, -0.2) is 0 Å². The molecular formula is C18H22NO2+. The van der Waals surface area contributed by atoms with Crippen LogP contribution in [0.4, 0.5) is 0 Å². The highest BCUT2D eigenvalue weighted by molar-refractivity contribution is 5.47. The predicted molar refractivity (Wildman–Crippen MR) is 82.9 cm³/mol. The number of fused-ring (bicyclic) bond motifs is 1. The largest absolute Gasteiger partial charge is 0.493 e. The number of nitrogens with one attached hydrogen (secondary N) is 1. The van der Waals surface area contributed by atoms with E-state index in [0.717, 1.165) is 37.6 Å². The summed E-state index contributed by atoms with van der Waals surface area (Å²) in [6, 6.07) is 15.0. The van der Waals surface area contributed by atoms with E-state index >= 15 is 0 Å². The number of rotatable bonds is 4. The van der Waals surface area contributed by atoms with Gasteiger partial charge in [-0.1, -0.05) is 30.3 Å². The number of ether oxygens (including phenoxy) is 2. The van der Waals surface area contributed by atoms with Crippen molar-refractivity contribution in [2.75, 3.05) is 20.8 Å². The number of hydrogen-bond donors (Lipinski definition) is 1. The molecule has 0 amide bonds. The molecule has 0 spiro atoms. The summed E-state index contributed by atoms with van der Waals surface area (Å²) in [5.74, 6) is 1.67. The topological polar surface area (TPSA) is 22.9 Å². The highest BCUT2D eigenvalue weighted by Gasteiger charge is 2.22. The zero-order chi connectivity index (χ0) is 14.7. The Morgan fingerprint density at radius 3 is 2.29 bits per heavy atom. The summed E-state index contributed by atoms with van der Waals surface area (Å²) in [7, 11) is 3.39. The third-order valence-electron chi connectivity index (χ3n) is 4.19. The van der Waals surface area contributed by atoms with Crippen molar-refractivity contribution in [1.29, 1.82) is 0 Å². The average molecular weight is 284 g/mol. The highest BCUT2D eigenvalue weighted by atomic mass is 16.5. The summed E-state index contributed by atoms with van der Waals surface area (Å²) >= 11 is 0. The molecule has 0 saturated carbocycles. The van der Waals surface area contributed by atoms with Crippen molar-refractivity contribution in [2.24, 2.45) is 0 Å². The van der Waals surface area contributed by atoms with Crippen molar-refractivity contribution >= 4 is 0 Å². The van der Waals surface area contributed by atoms with Crippen molar-refractivity contribution in [3.63, 3.8) is 0 Å². The van der Waals surface area contributed by atoms with Gasteiger partial charge in [-0.2, -0.15) is 0 Å². The number of hydrogen-bond acceptors (Lipinski definition) is 2. The lowest BCUT2D eigenvalue weighted by Gasteiger charge is -2.27. The molecule has 0 radical (unpaired) electrons. The van der Waals surface area contributed by atoms with Crippen LogP contribution in [0.5, 0.6) is 11.5 Å². The number of quaternary nitrogens is 1. The van der Waals surface area contributed by atoms with E-state index in [4.69, 9.17) is 9.47 Å². The van der Waals surface area contributed by atoms with Gasteiger partial charge >= 0.3 is 0 Å². The summed E-state index contributed by atoms with van der Waals surface area (Å²) in [5.41, 5.74) is 4.17. The molecule has 21 heavy (non-hydrogen) atoms. The van der Waals surface area contributed by atoms with Gasteiger partial charge in [0.25, 0.3) is 0 Å². The van der Waals surface area contributed by atoms with Gasteiger partial charge in [0.15, 0.2) is 11.5 Å². The molecule has 0 aromatic heterocycles. The Balaban J connectivity index is 1.78. The van der Waals surface area contributed by atoms with Crippen LogP contribution >= 0.6 is 0 Å². The van der Waals surface area contributed by atoms with Crippen LogP contribution in [0.2, 0.25) is 0 Å². The van der Waals surface area contributed by atoms with Crippen LogP contribution < -0.4 is 14.4 Å². The van der Waals surface area contributed by atoms with E-state index in [-0.39, 0.29) is 0 Å². The summed E-state index contributed by atoms with van der Waals surface area (Å²) in [6.45, 7) is 3.29. The first-order valence-electron chi connectivity index (χ1n) is 7.41. The fourth-order valence-electron chi connectivity index (χ4n) is 3.07. The lowest BCUT2D eigenvalue weighted by molar-refractivity contribution is -0.929. The number of methoxy groups -OCH3 is 2. The quantitative estimate of drug-likeness (QED) is 0.926. The third kappa shape index (κ3) is 3.03. The second kappa shape index (κ2) is 6.19. The van der Waals surface area contributed by atoms with E-state index in [1.165, 1.54) is 16.7 Å². The predicted octanol–water partition coefficient (Wildman–Crippen LogP) is 1.84. The number of benzene rings is 2. The lowest BCUT2D eigenvalue weighted by Crippen LogP contribution is -3.10. The van der Waals surface area contributed by atoms with Crippen LogP contribution in [0.15, 0.2) is 42.5 Å². The van der Waals surface area contributed by atoms with Crippen LogP contribution in [-0.2, 0) is 19.5 Å². The third-order valence-corrected chi connectivity index (χ3v) is 4.19. The fourth-order valence-corrected chi connectivity index (χ4v) is 3.07. The normalized spacial score (nSPS) is 17.1. The van der Waals surface area contributed by atoms with Crippen LogP contribution in [-0.4, -0.2) is 20.8 Å². The van der Waals surface area contributed by atoms with Gasteiger partial charge in [0, 0.05) is 17.5 Å². The molecular weight excluding hydrogens is 262 g/mol. The maximum atomic E-state index is 5.42. The first-order valence-corrected chi connectivity index (χ1v) is 7.41. The van der Waals surface area contributed by atoms with Crippen LogP contribution in [0, 0.1) is 0 Å². The molecule has 1 heterocycles. The minimum atomic E-state index is 0.831. The summed E-state index contributed by atoms with van der Waals surface area (Å²) < 4.78 is 10.8. The molecule has 3 rings (SSSR count). The zero-order valence-corrected chi connectivity index (χ0v) is 12.7. The maximum Gasteiger partial charge on any atom is 0.161 e. The molecule has 2 aromatic carbocycles. The molecule has 1 aliphatic rings. The van der Waals surface area contributed by atoms with Gasteiger partial charge in [0.1, 0.15) is 13.1 Å². The van der Waals surface area contributed by atoms with Crippen LogP contribution in [0.1, 0.15) is 16.7 Å². The van der Waals surface area contributed by atoms with Crippen molar-refractivity contribution in [3.8, 4) is 11.5 Å². The van der Waals surface area contributed by atoms with Crippen LogP contribution in [0.25, 0.3) is 0 Å². The van der Waals surface area contributed by atoms with E-state index in [1.54, 1.807) is 19.1 Å². The summed E-state index contributed by atoms with van der Waals surface area (Å²) in [5, 5.41) is 0. The minimum absolute atomic E-state index is 0.831. The van der Waals surface area contributed by atoms with Gasteiger partial charge < -0.3 is 14.4 Å². The molecule has 0 bridgehead atoms. The van der Waals surface area contributed by atoms with Crippen molar-refractivity contribution in [2.45, 2.75) is 19.5 Å². The molecule has 1 unspecified atom stereocenters. The van der Waals surface area contributed by atoms with E-state index in [2.05, 4.69) is 42.5 Å². The Morgan fingerprint density at radius 1 is 0.952 bits per heavy atom. The maximum absolute atomic E-state index is 5.42. The second-order valence-electron chi connectivity index (χ2n) is 5.57. The van der Waals surface area contributed by atoms with E-state index < -0.39 is 0 Å². The Kier molecular flexibility index (Phi) is 4.11. The first kappa shape index (κ1) is 14.0. The first-order chi connectivity index (χ1) is 10.3. The van der Waals surface area contributed by atoms with Gasteiger partial charge in [-0.05, 0) is 17.7 Å². The fraction of sp³-hybridized carbons (Fsp3) is 0.333. The smallest absolute Gasteiger partial charge is 0.161 e. The molecule has 0 saturated heterocycles. The van der Waals surface area contributed by atoms with Gasteiger partial charge in [0.2, 0.25) is 0 Å². The molecule has 3 nitrogen and oxygen atoms in total. The van der Waals surface area contributed by atoms with Crippen molar-refractivity contribution in [1.82, 2.24) is 0 Å². The summed E-state index contributed by atoms with van der Waals surface area (Å²) in [4.78, 5) is 1.60. The molecule has 1 atom stereocenters. The Bertz CT molecular complexity index is 610. The van der Waals surface area contributed by atoms with Gasteiger partial charge in [-0.15, -0.1) is 0 Å².